The number of benzene rings is 1. The first-order chi connectivity index (χ1) is 10.1. The van der Waals surface area contributed by atoms with Gasteiger partial charge in [-0.25, -0.2) is 4.79 Å². The molecular formula is C14H16N2O5. The summed E-state index contributed by atoms with van der Waals surface area (Å²) in [6, 6.07) is 6.06. The zero-order chi connectivity index (χ0) is 15.7. The van der Waals surface area contributed by atoms with Crippen molar-refractivity contribution in [2.24, 2.45) is 0 Å². The second-order valence-electron chi connectivity index (χ2n) is 3.95. The number of nitrogens with zero attached hydrogens (tertiary/aromatic N) is 1. The Kier molecular flexibility index (Phi) is 6.54. The Morgan fingerprint density at radius 3 is 2.71 bits per heavy atom. The summed E-state index contributed by atoms with van der Waals surface area (Å²) in [5.74, 6) is -0.883. The Morgan fingerprint density at radius 2 is 2.10 bits per heavy atom. The van der Waals surface area contributed by atoms with Crippen molar-refractivity contribution in [3.05, 3.63) is 23.8 Å². The molecule has 0 spiro atoms. The van der Waals surface area contributed by atoms with Crippen LogP contribution in [0, 0.1) is 11.3 Å². The van der Waals surface area contributed by atoms with Crippen molar-refractivity contribution >= 4 is 11.9 Å². The zero-order valence-corrected chi connectivity index (χ0v) is 11.6. The number of amides is 1. The Bertz CT molecular complexity index is 551. The minimum absolute atomic E-state index is 0.0734. The number of ether oxygens (including phenoxy) is 2. The van der Waals surface area contributed by atoms with Crippen LogP contribution in [-0.2, 0) is 4.79 Å². The third-order valence-electron chi connectivity index (χ3n) is 2.41. The molecule has 1 aromatic rings. The number of hydrogen-bond donors (Lipinski definition) is 2. The monoisotopic (exact) mass is 292 g/mol. The summed E-state index contributed by atoms with van der Waals surface area (Å²) >= 11 is 0. The lowest BCUT2D eigenvalue weighted by Gasteiger charge is -2.12. The van der Waals surface area contributed by atoms with E-state index in [9.17, 15) is 9.59 Å². The molecule has 7 nitrogen and oxygen atoms in total. The van der Waals surface area contributed by atoms with Crippen LogP contribution in [0.5, 0.6) is 11.5 Å². The third-order valence-corrected chi connectivity index (χ3v) is 2.41. The second-order valence-corrected chi connectivity index (χ2v) is 3.95. The van der Waals surface area contributed by atoms with Crippen molar-refractivity contribution in [2.45, 2.75) is 13.3 Å². The van der Waals surface area contributed by atoms with Crippen molar-refractivity contribution in [2.75, 3.05) is 19.8 Å². The Hall–Kier alpha value is -2.75. The van der Waals surface area contributed by atoms with Crippen LogP contribution in [0.2, 0.25) is 0 Å². The molecule has 112 valence electrons. The molecule has 0 aliphatic carbocycles. The second kappa shape index (κ2) is 8.43. The van der Waals surface area contributed by atoms with E-state index in [1.807, 2.05) is 6.07 Å². The van der Waals surface area contributed by atoms with Gasteiger partial charge in [-0.3, -0.25) is 4.79 Å². The van der Waals surface area contributed by atoms with E-state index in [-0.39, 0.29) is 42.5 Å². The van der Waals surface area contributed by atoms with E-state index in [2.05, 4.69) is 5.32 Å². The molecule has 0 aromatic heterocycles. The molecule has 0 aliphatic heterocycles. The van der Waals surface area contributed by atoms with Gasteiger partial charge in [-0.2, -0.15) is 5.26 Å². The molecule has 0 saturated heterocycles. The van der Waals surface area contributed by atoms with Gasteiger partial charge in [-0.1, -0.05) is 0 Å². The smallest absolute Gasteiger partial charge is 0.335 e. The van der Waals surface area contributed by atoms with Gasteiger partial charge < -0.3 is 19.9 Å². The first-order valence-electron chi connectivity index (χ1n) is 6.35. The highest BCUT2D eigenvalue weighted by molar-refractivity contribution is 5.88. The van der Waals surface area contributed by atoms with E-state index in [0.717, 1.165) is 0 Å². The van der Waals surface area contributed by atoms with Gasteiger partial charge in [0.25, 0.3) is 5.91 Å². The molecule has 0 fully saturated rings. The molecule has 0 bridgehead atoms. The first-order valence-corrected chi connectivity index (χ1v) is 6.35. The fourth-order valence-electron chi connectivity index (χ4n) is 1.48. The number of carbonyl (C=O) groups excluding carboxylic acids is 1. The largest absolute Gasteiger partial charge is 0.490 e. The Balaban J connectivity index is 2.67. The summed E-state index contributed by atoms with van der Waals surface area (Å²) in [4.78, 5) is 22.3. The van der Waals surface area contributed by atoms with Gasteiger partial charge in [0.2, 0.25) is 0 Å². The number of carboxylic acids is 1. The normalized spacial score (nSPS) is 9.52. The highest BCUT2D eigenvalue weighted by Gasteiger charge is 2.11. The van der Waals surface area contributed by atoms with E-state index in [4.69, 9.17) is 19.8 Å². The predicted molar refractivity (Wildman–Crippen MR) is 73.3 cm³/mol. The van der Waals surface area contributed by atoms with Crippen LogP contribution < -0.4 is 14.8 Å². The van der Waals surface area contributed by atoms with Crippen molar-refractivity contribution in [1.82, 2.24) is 5.32 Å². The number of aromatic carboxylic acids is 1. The average molecular weight is 292 g/mol. The summed E-state index contributed by atoms with van der Waals surface area (Å²) in [6.07, 6.45) is 0.225. The number of hydrogen-bond acceptors (Lipinski definition) is 5. The van der Waals surface area contributed by atoms with Crippen molar-refractivity contribution in [3.63, 3.8) is 0 Å². The van der Waals surface area contributed by atoms with Crippen LogP contribution in [0.4, 0.5) is 0 Å². The number of nitrogens with one attached hydrogen (secondary N) is 1. The van der Waals surface area contributed by atoms with Crippen LogP contribution >= 0.6 is 0 Å². The number of nitriles is 1. The topological polar surface area (TPSA) is 109 Å². The minimum atomic E-state index is -1.07. The molecular weight excluding hydrogens is 276 g/mol. The molecule has 1 amide bonds. The molecule has 0 atom stereocenters. The molecule has 0 radical (unpaired) electrons. The fraction of sp³-hybridized carbons (Fsp3) is 0.357. The lowest BCUT2D eigenvalue weighted by molar-refractivity contribution is -0.123. The van der Waals surface area contributed by atoms with Gasteiger partial charge >= 0.3 is 5.97 Å². The van der Waals surface area contributed by atoms with Crippen LogP contribution in [0.1, 0.15) is 23.7 Å². The Morgan fingerprint density at radius 1 is 1.33 bits per heavy atom. The van der Waals surface area contributed by atoms with Gasteiger partial charge in [-0.15, -0.1) is 0 Å². The highest BCUT2D eigenvalue weighted by Crippen LogP contribution is 2.28. The maximum Gasteiger partial charge on any atom is 0.335 e. The van der Waals surface area contributed by atoms with Crippen LogP contribution in [-0.4, -0.2) is 36.7 Å². The molecule has 21 heavy (non-hydrogen) atoms. The van der Waals surface area contributed by atoms with E-state index < -0.39 is 5.97 Å². The molecule has 0 saturated carbocycles. The van der Waals surface area contributed by atoms with Gasteiger partial charge in [0.1, 0.15) is 0 Å². The van der Waals surface area contributed by atoms with Gasteiger partial charge in [0.15, 0.2) is 18.1 Å². The summed E-state index contributed by atoms with van der Waals surface area (Å²) in [5.41, 5.74) is 0.0734. The van der Waals surface area contributed by atoms with E-state index in [0.29, 0.717) is 6.61 Å². The third kappa shape index (κ3) is 5.40. The highest BCUT2D eigenvalue weighted by atomic mass is 16.5. The van der Waals surface area contributed by atoms with Gasteiger partial charge in [0, 0.05) is 6.54 Å². The van der Waals surface area contributed by atoms with E-state index >= 15 is 0 Å². The lowest BCUT2D eigenvalue weighted by atomic mass is 10.2. The number of carboxylic acid groups (broad SMARTS) is 1. The fourth-order valence-corrected chi connectivity index (χ4v) is 1.48. The maximum absolute atomic E-state index is 11.5. The minimum Gasteiger partial charge on any atom is -0.490 e. The molecule has 1 aromatic carbocycles. The predicted octanol–water partition coefficient (Wildman–Crippen LogP) is 1.19. The molecule has 7 heteroatoms. The van der Waals surface area contributed by atoms with Crippen LogP contribution in [0.3, 0.4) is 0 Å². The maximum atomic E-state index is 11.5. The average Bonchev–Trinajstić information content (AvgIpc) is 2.46. The van der Waals surface area contributed by atoms with Crippen molar-refractivity contribution < 1.29 is 24.2 Å². The van der Waals surface area contributed by atoms with Gasteiger partial charge in [-0.05, 0) is 25.1 Å². The molecule has 0 aliphatic rings. The summed E-state index contributed by atoms with van der Waals surface area (Å²) in [6.45, 7) is 2.12. The first kappa shape index (κ1) is 16.3. The summed E-state index contributed by atoms with van der Waals surface area (Å²) < 4.78 is 10.6. The molecule has 2 N–H and O–H groups in total. The SMILES string of the molecule is CCOc1cc(C(=O)O)ccc1OCC(=O)NCCC#N. The Labute approximate surface area is 122 Å². The lowest BCUT2D eigenvalue weighted by Crippen LogP contribution is -2.29. The van der Waals surface area contributed by atoms with E-state index in [1.54, 1.807) is 6.92 Å². The molecule has 0 heterocycles. The zero-order valence-electron chi connectivity index (χ0n) is 11.6. The molecule has 0 unspecified atom stereocenters. The summed E-state index contributed by atoms with van der Waals surface area (Å²) in [7, 11) is 0. The van der Waals surface area contributed by atoms with Crippen molar-refractivity contribution in [3.8, 4) is 17.6 Å². The standard InChI is InChI=1S/C14H16N2O5/c1-2-20-12-8-10(14(18)19)4-5-11(12)21-9-13(17)16-7-3-6-15/h4-5,8H,2-3,7,9H2,1H3,(H,16,17)(H,18,19). The number of carbonyl (C=O) groups is 2. The van der Waals surface area contributed by atoms with Crippen molar-refractivity contribution in [1.29, 1.82) is 5.26 Å². The van der Waals surface area contributed by atoms with Crippen LogP contribution in [0.25, 0.3) is 0 Å². The van der Waals surface area contributed by atoms with E-state index in [1.165, 1.54) is 18.2 Å². The summed E-state index contributed by atoms with van der Waals surface area (Å²) in [5, 5.41) is 19.8. The van der Waals surface area contributed by atoms with Gasteiger partial charge in [0.05, 0.1) is 24.7 Å². The van der Waals surface area contributed by atoms with Crippen LogP contribution in [0.15, 0.2) is 18.2 Å². The number of rotatable bonds is 8. The molecule has 1 rings (SSSR count). The quantitative estimate of drug-likeness (QED) is 0.697.